The van der Waals surface area contributed by atoms with Crippen molar-refractivity contribution >= 4 is 0 Å². The molecular formula is C11H15F3N2O. The minimum Gasteiger partial charge on any atom is -0.406 e. The van der Waals surface area contributed by atoms with Crippen LogP contribution in [0.3, 0.4) is 0 Å². The van der Waals surface area contributed by atoms with Crippen molar-refractivity contribution in [3.63, 3.8) is 0 Å². The Morgan fingerprint density at radius 2 is 1.76 bits per heavy atom. The molecule has 0 fully saturated rings. The molecule has 1 rings (SSSR count). The highest BCUT2D eigenvalue weighted by molar-refractivity contribution is 5.29. The van der Waals surface area contributed by atoms with Gasteiger partial charge in [0.2, 0.25) is 0 Å². The van der Waals surface area contributed by atoms with E-state index >= 15 is 0 Å². The fourth-order valence-corrected chi connectivity index (χ4v) is 1.54. The van der Waals surface area contributed by atoms with Crippen LogP contribution in [0.25, 0.3) is 0 Å². The van der Waals surface area contributed by atoms with Crippen LogP contribution in [0.4, 0.5) is 13.2 Å². The van der Waals surface area contributed by atoms with Crippen molar-refractivity contribution in [3.8, 4) is 5.75 Å². The molecule has 0 spiro atoms. The topological polar surface area (TPSA) is 38.5 Å². The zero-order valence-electron chi connectivity index (χ0n) is 9.66. The molecule has 1 aromatic rings. The molecule has 0 aliphatic carbocycles. The van der Waals surface area contributed by atoms with Crippen LogP contribution in [0.5, 0.6) is 5.75 Å². The summed E-state index contributed by atoms with van der Waals surface area (Å²) >= 11 is 0. The van der Waals surface area contributed by atoms with Gasteiger partial charge in [-0.05, 0) is 31.8 Å². The second-order valence-corrected chi connectivity index (χ2v) is 3.83. The van der Waals surface area contributed by atoms with Gasteiger partial charge in [-0.1, -0.05) is 12.1 Å². The van der Waals surface area contributed by atoms with Gasteiger partial charge in [0, 0.05) is 12.6 Å². The Morgan fingerprint density at radius 3 is 2.12 bits per heavy atom. The molecular weight excluding hydrogens is 233 g/mol. The van der Waals surface area contributed by atoms with Crippen molar-refractivity contribution in [1.29, 1.82) is 0 Å². The van der Waals surface area contributed by atoms with Crippen LogP contribution in [0, 0.1) is 0 Å². The van der Waals surface area contributed by atoms with Crippen LogP contribution in [0.1, 0.15) is 11.6 Å². The first-order chi connectivity index (χ1) is 7.83. The van der Waals surface area contributed by atoms with Crippen LogP contribution in [0.2, 0.25) is 0 Å². The average Bonchev–Trinajstić information content (AvgIpc) is 2.18. The smallest absolute Gasteiger partial charge is 0.406 e. The maximum absolute atomic E-state index is 11.9. The summed E-state index contributed by atoms with van der Waals surface area (Å²) in [6.45, 7) is 0.395. The molecule has 0 saturated carbocycles. The lowest BCUT2D eigenvalue weighted by molar-refractivity contribution is -0.274. The third-order valence-electron chi connectivity index (χ3n) is 2.35. The highest BCUT2D eigenvalue weighted by Crippen LogP contribution is 2.25. The third kappa shape index (κ3) is 4.24. The Hall–Kier alpha value is -1.27. The van der Waals surface area contributed by atoms with E-state index in [0.29, 0.717) is 6.54 Å². The summed E-state index contributed by atoms with van der Waals surface area (Å²) in [5.74, 6) is -0.226. The number of nitrogens with zero attached hydrogens (tertiary/aromatic N) is 1. The van der Waals surface area contributed by atoms with Crippen molar-refractivity contribution in [1.82, 2.24) is 4.90 Å². The molecule has 0 aromatic heterocycles. The minimum absolute atomic E-state index is 0.0186. The number of halogens is 3. The van der Waals surface area contributed by atoms with Crippen molar-refractivity contribution in [2.24, 2.45) is 5.73 Å². The molecule has 0 bridgehead atoms. The maximum atomic E-state index is 11.9. The summed E-state index contributed by atoms with van der Waals surface area (Å²) in [5.41, 5.74) is 6.45. The number of benzene rings is 1. The van der Waals surface area contributed by atoms with E-state index in [0.717, 1.165) is 5.56 Å². The van der Waals surface area contributed by atoms with Gasteiger partial charge in [-0.3, -0.25) is 0 Å². The van der Waals surface area contributed by atoms with Gasteiger partial charge in [-0.2, -0.15) is 0 Å². The zero-order valence-corrected chi connectivity index (χ0v) is 9.66. The van der Waals surface area contributed by atoms with Crippen molar-refractivity contribution in [2.45, 2.75) is 12.4 Å². The van der Waals surface area contributed by atoms with E-state index in [2.05, 4.69) is 4.74 Å². The summed E-state index contributed by atoms with van der Waals surface area (Å²) in [7, 11) is 3.72. The number of hydrogen-bond acceptors (Lipinski definition) is 3. The molecule has 0 saturated heterocycles. The SMILES string of the molecule is CN(C)[C@@H](CN)c1ccc(OC(F)(F)F)cc1. The van der Waals surface area contributed by atoms with Crippen molar-refractivity contribution in [2.75, 3.05) is 20.6 Å². The molecule has 17 heavy (non-hydrogen) atoms. The van der Waals surface area contributed by atoms with E-state index in [1.54, 1.807) is 12.1 Å². The van der Waals surface area contributed by atoms with Crippen LogP contribution in [-0.2, 0) is 0 Å². The van der Waals surface area contributed by atoms with E-state index in [1.807, 2.05) is 19.0 Å². The van der Waals surface area contributed by atoms with E-state index < -0.39 is 6.36 Å². The molecule has 0 radical (unpaired) electrons. The Bertz CT molecular complexity index is 349. The van der Waals surface area contributed by atoms with E-state index in [9.17, 15) is 13.2 Å². The highest BCUT2D eigenvalue weighted by atomic mass is 19.4. The summed E-state index contributed by atoms with van der Waals surface area (Å²) in [6, 6.07) is 5.72. The number of nitrogens with two attached hydrogens (primary N) is 1. The molecule has 0 heterocycles. The molecule has 0 aliphatic rings. The second kappa shape index (κ2) is 5.37. The van der Waals surface area contributed by atoms with Gasteiger partial charge in [0.05, 0.1) is 0 Å². The predicted molar refractivity (Wildman–Crippen MR) is 58.6 cm³/mol. The van der Waals surface area contributed by atoms with Crippen molar-refractivity contribution < 1.29 is 17.9 Å². The quantitative estimate of drug-likeness (QED) is 0.887. The van der Waals surface area contributed by atoms with Gasteiger partial charge >= 0.3 is 6.36 Å². The molecule has 2 N–H and O–H groups in total. The summed E-state index contributed by atoms with van der Waals surface area (Å²) in [6.07, 6.45) is -4.66. The van der Waals surface area contributed by atoms with Crippen LogP contribution in [0.15, 0.2) is 24.3 Å². The fourth-order valence-electron chi connectivity index (χ4n) is 1.54. The maximum Gasteiger partial charge on any atom is 0.573 e. The Labute approximate surface area is 98.0 Å². The van der Waals surface area contributed by atoms with Gasteiger partial charge in [-0.15, -0.1) is 13.2 Å². The van der Waals surface area contributed by atoms with E-state index in [1.165, 1.54) is 12.1 Å². The minimum atomic E-state index is -4.66. The Morgan fingerprint density at radius 1 is 1.24 bits per heavy atom. The van der Waals surface area contributed by atoms with Crippen LogP contribution >= 0.6 is 0 Å². The molecule has 0 unspecified atom stereocenters. The van der Waals surface area contributed by atoms with Crippen molar-refractivity contribution in [3.05, 3.63) is 29.8 Å². The summed E-state index contributed by atoms with van der Waals surface area (Å²) in [4.78, 5) is 1.90. The third-order valence-corrected chi connectivity index (χ3v) is 2.35. The molecule has 1 aromatic carbocycles. The van der Waals surface area contributed by atoms with Gasteiger partial charge in [0.1, 0.15) is 5.75 Å². The highest BCUT2D eigenvalue weighted by Gasteiger charge is 2.31. The molecule has 0 amide bonds. The Kier molecular flexibility index (Phi) is 4.36. The van der Waals surface area contributed by atoms with Gasteiger partial charge in [-0.25, -0.2) is 0 Å². The van der Waals surface area contributed by atoms with E-state index in [4.69, 9.17) is 5.73 Å². The number of ether oxygens (including phenoxy) is 1. The largest absolute Gasteiger partial charge is 0.573 e. The number of likely N-dealkylation sites (N-methyl/N-ethyl adjacent to an activating group) is 1. The summed E-state index contributed by atoms with van der Waals surface area (Å²) in [5, 5.41) is 0. The lowest BCUT2D eigenvalue weighted by atomic mass is 10.1. The van der Waals surface area contributed by atoms with Gasteiger partial charge in [0.25, 0.3) is 0 Å². The monoisotopic (exact) mass is 248 g/mol. The standard InChI is InChI=1S/C11H15F3N2O/c1-16(2)10(7-15)8-3-5-9(6-4-8)17-11(12,13)14/h3-6,10H,7,15H2,1-2H3/t10-/m0/s1. The lowest BCUT2D eigenvalue weighted by Crippen LogP contribution is -2.27. The first-order valence-electron chi connectivity index (χ1n) is 5.05. The zero-order chi connectivity index (χ0) is 13.1. The van der Waals surface area contributed by atoms with E-state index in [-0.39, 0.29) is 11.8 Å². The average molecular weight is 248 g/mol. The van der Waals surface area contributed by atoms with Crippen LogP contribution in [-0.4, -0.2) is 31.9 Å². The molecule has 3 nitrogen and oxygen atoms in total. The molecule has 6 heteroatoms. The summed E-state index contributed by atoms with van der Waals surface area (Å²) < 4.78 is 39.6. The predicted octanol–water partition coefficient (Wildman–Crippen LogP) is 2.15. The number of hydrogen-bond donors (Lipinski definition) is 1. The number of alkyl halides is 3. The van der Waals surface area contributed by atoms with Gasteiger partial charge < -0.3 is 15.4 Å². The first kappa shape index (κ1) is 13.8. The fraction of sp³-hybridized carbons (Fsp3) is 0.455. The van der Waals surface area contributed by atoms with Gasteiger partial charge in [0.15, 0.2) is 0 Å². The molecule has 0 aliphatic heterocycles. The molecule has 96 valence electrons. The normalized spacial score (nSPS) is 13.8. The number of rotatable bonds is 4. The molecule has 1 atom stereocenters. The Balaban J connectivity index is 2.80. The second-order valence-electron chi connectivity index (χ2n) is 3.83. The lowest BCUT2D eigenvalue weighted by Gasteiger charge is -2.23. The van der Waals surface area contributed by atoms with Crippen LogP contribution < -0.4 is 10.5 Å². The first-order valence-corrected chi connectivity index (χ1v) is 5.05.